The van der Waals surface area contributed by atoms with Gasteiger partial charge in [0.05, 0.1) is 5.02 Å². The molecule has 5 heteroatoms. The maximum atomic E-state index is 12.3. The van der Waals surface area contributed by atoms with Crippen LogP contribution in [0.4, 0.5) is 5.69 Å². The summed E-state index contributed by atoms with van der Waals surface area (Å²) in [5.74, 6) is 0.246. The maximum Gasteiger partial charge on any atom is 0.265 e. The van der Waals surface area contributed by atoms with E-state index in [-0.39, 0.29) is 5.91 Å². The van der Waals surface area contributed by atoms with E-state index >= 15 is 0 Å². The molecule has 0 fully saturated rings. The molecule has 2 rings (SSSR count). The molecular formula is C17H17Cl2NO2. The zero-order valence-corrected chi connectivity index (χ0v) is 13.9. The van der Waals surface area contributed by atoms with Gasteiger partial charge in [0.2, 0.25) is 0 Å². The van der Waals surface area contributed by atoms with Crippen LogP contribution in [0.2, 0.25) is 10.0 Å². The highest BCUT2D eigenvalue weighted by Crippen LogP contribution is 2.33. The predicted molar refractivity (Wildman–Crippen MR) is 91.0 cm³/mol. The first-order valence-corrected chi connectivity index (χ1v) is 7.75. The number of anilines is 1. The smallest absolute Gasteiger partial charge is 0.265 e. The second kappa shape index (κ2) is 7.52. The molecule has 0 spiro atoms. The SMILES string of the molecule is CCC(Oc1ccc(Cl)c(C)c1Cl)C(=O)Nc1ccccc1. The van der Waals surface area contributed by atoms with Crippen LogP contribution in [0.3, 0.4) is 0 Å². The van der Waals surface area contributed by atoms with Gasteiger partial charge in [-0.3, -0.25) is 4.79 Å². The largest absolute Gasteiger partial charge is 0.479 e. The van der Waals surface area contributed by atoms with Crippen molar-refractivity contribution in [2.24, 2.45) is 0 Å². The molecule has 0 bridgehead atoms. The Morgan fingerprint density at radius 3 is 2.50 bits per heavy atom. The zero-order valence-electron chi connectivity index (χ0n) is 12.4. The van der Waals surface area contributed by atoms with Gasteiger partial charge in [-0.25, -0.2) is 0 Å². The van der Waals surface area contributed by atoms with Gasteiger partial charge in [0, 0.05) is 10.7 Å². The van der Waals surface area contributed by atoms with Gasteiger partial charge in [0.25, 0.3) is 5.91 Å². The molecule has 1 unspecified atom stereocenters. The summed E-state index contributed by atoms with van der Waals surface area (Å²) < 4.78 is 5.76. The molecule has 0 saturated carbocycles. The van der Waals surface area contributed by atoms with Crippen LogP contribution in [0.25, 0.3) is 0 Å². The lowest BCUT2D eigenvalue weighted by Gasteiger charge is -2.19. The number of hydrogen-bond donors (Lipinski definition) is 1. The summed E-state index contributed by atoms with van der Waals surface area (Å²) in [5, 5.41) is 3.82. The quantitative estimate of drug-likeness (QED) is 0.824. The van der Waals surface area contributed by atoms with Crippen LogP contribution in [0.1, 0.15) is 18.9 Å². The Balaban J connectivity index is 2.12. The van der Waals surface area contributed by atoms with Crippen molar-refractivity contribution in [1.82, 2.24) is 0 Å². The third kappa shape index (κ3) is 3.93. The second-order valence-corrected chi connectivity index (χ2v) is 5.64. The van der Waals surface area contributed by atoms with Crippen molar-refractivity contribution in [3.63, 3.8) is 0 Å². The number of amides is 1. The highest BCUT2D eigenvalue weighted by atomic mass is 35.5. The first kappa shape index (κ1) is 16.7. The molecule has 116 valence electrons. The summed E-state index contributed by atoms with van der Waals surface area (Å²) in [5.41, 5.74) is 1.46. The number of ether oxygens (including phenoxy) is 1. The number of rotatable bonds is 5. The fraction of sp³-hybridized carbons (Fsp3) is 0.235. The van der Waals surface area contributed by atoms with E-state index in [2.05, 4.69) is 5.32 Å². The Kier molecular flexibility index (Phi) is 5.69. The Bertz CT molecular complexity index is 659. The molecule has 2 aromatic carbocycles. The molecule has 1 atom stereocenters. The standard InChI is InChI=1S/C17H17Cl2NO2/c1-3-14(17(21)20-12-7-5-4-6-8-12)22-15-10-9-13(18)11(2)16(15)19/h4-10,14H,3H2,1-2H3,(H,20,21). The predicted octanol–water partition coefficient (Wildman–Crippen LogP) is 5.10. The van der Waals surface area contributed by atoms with Crippen molar-refractivity contribution in [1.29, 1.82) is 0 Å². The number of hydrogen-bond acceptors (Lipinski definition) is 2. The minimum Gasteiger partial charge on any atom is -0.479 e. The van der Waals surface area contributed by atoms with Gasteiger partial charge in [-0.05, 0) is 43.2 Å². The van der Waals surface area contributed by atoms with Crippen molar-refractivity contribution >= 4 is 34.8 Å². The van der Waals surface area contributed by atoms with Crippen LogP contribution in [-0.2, 0) is 4.79 Å². The summed E-state index contributed by atoms with van der Waals surface area (Å²) in [6, 6.07) is 12.6. The fourth-order valence-electron chi connectivity index (χ4n) is 1.95. The Morgan fingerprint density at radius 1 is 1.18 bits per heavy atom. The molecule has 0 aliphatic rings. The molecule has 1 N–H and O–H groups in total. The molecule has 22 heavy (non-hydrogen) atoms. The van der Waals surface area contributed by atoms with Gasteiger partial charge in [-0.1, -0.05) is 48.3 Å². The van der Waals surface area contributed by atoms with Gasteiger partial charge in [-0.2, -0.15) is 0 Å². The minimum absolute atomic E-state index is 0.211. The third-order valence-corrected chi connectivity index (χ3v) is 4.14. The van der Waals surface area contributed by atoms with Gasteiger partial charge in [0.1, 0.15) is 5.75 Å². The lowest BCUT2D eigenvalue weighted by molar-refractivity contribution is -0.122. The highest BCUT2D eigenvalue weighted by molar-refractivity contribution is 6.36. The fourth-order valence-corrected chi connectivity index (χ4v) is 2.36. The Morgan fingerprint density at radius 2 is 1.86 bits per heavy atom. The summed E-state index contributed by atoms with van der Waals surface area (Å²) >= 11 is 12.2. The maximum absolute atomic E-state index is 12.3. The lowest BCUT2D eigenvalue weighted by atomic mass is 10.2. The van der Waals surface area contributed by atoms with E-state index in [9.17, 15) is 4.79 Å². The van der Waals surface area contributed by atoms with Crippen molar-refractivity contribution in [3.05, 3.63) is 58.1 Å². The van der Waals surface area contributed by atoms with Gasteiger partial charge in [0.15, 0.2) is 6.10 Å². The number of nitrogens with one attached hydrogen (secondary N) is 1. The summed E-state index contributed by atoms with van der Waals surface area (Å²) in [6.07, 6.45) is -0.102. The van der Waals surface area contributed by atoms with Crippen molar-refractivity contribution in [2.45, 2.75) is 26.4 Å². The first-order valence-electron chi connectivity index (χ1n) is 7.00. The zero-order chi connectivity index (χ0) is 16.1. The molecule has 0 saturated heterocycles. The van der Waals surface area contributed by atoms with E-state index in [0.29, 0.717) is 22.2 Å². The highest BCUT2D eigenvalue weighted by Gasteiger charge is 2.20. The molecular weight excluding hydrogens is 321 g/mol. The summed E-state index contributed by atoms with van der Waals surface area (Å²) in [4.78, 5) is 12.3. The monoisotopic (exact) mass is 337 g/mol. The van der Waals surface area contributed by atoms with E-state index in [1.165, 1.54) is 0 Å². The summed E-state index contributed by atoms with van der Waals surface area (Å²) in [7, 11) is 0. The molecule has 0 aromatic heterocycles. The van der Waals surface area contributed by atoms with Gasteiger partial charge < -0.3 is 10.1 Å². The molecule has 0 heterocycles. The van der Waals surface area contributed by atoms with Gasteiger partial charge >= 0.3 is 0 Å². The number of para-hydroxylation sites is 1. The van der Waals surface area contributed by atoms with Crippen LogP contribution in [0.5, 0.6) is 5.75 Å². The third-order valence-electron chi connectivity index (χ3n) is 3.26. The lowest BCUT2D eigenvalue weighted by Crippen LogP contribution is -2.32. The Hall–Kier alpha value is -1.71. The van der Waals surface area contributed by atoms with E-state index in [1.807, 2.05) is 44.2 Å². The Labute approximate surface area is 140 Å². The molecule has 2 aromatic rings. The number of carbonyl (C=O) groups excluding carboxylic acids is 1. The number of carbonyl (C=O) groups is 1. The topological polar surface area (TPSA) is 38.3 Å². The van der Waals surface area contributed by atoms with Crippen LogP contribution in [0, 0.1) is 6.92 Å². The van der Waals surface area contributed by atoms with Gasteiger partial charge in [-0.15, -0.1) is 0 Å². The van der Waals surface area contributed by atoms with Crippen LogP contribution < -0.4 is 10.1 Å². The van der Waals surface area contributed by atoms with Crippen molar-refractivity contribution in [2.75, 3.05) is 5.32 Å². The number of halogens is 2. The second-order valence-electron chi connectivity index (χ2n) is 4.85. The number of benzene rings is 2. The van der Waals surface area contributed by atoms with E-state index in [4.69, 9.17) is 27.9 Å². The van der Waals surface area contributed by atoms with Crippen LogP contribution >= 0.6 is 23.2 Å². The summed E-state index contributed by atoms with van der Waals surface area (Å²) in [6.45, 7) is 3.69. The van der Waals surface area contributed by atoms with E-state index in [0.717, 1.165) is 11.3 Å². The average Bonchev–Trinajstić information content (AvgIpc) is 2.53. The van der Waals surface area contributed by atoms with E-state index in [1.54, 1.807) is 12.1 Å². The van der Waals surface area contributed by atoms with Crippen LogP contribution in [0.15, 0.2) is 42.5 Å². The van der Waals surface area contributed by atoms with E-state index < -0.39 is 6.10 Å². The normalized spacial score (nSPS) is 11.8. The average molecular weight is 338 g/mol. The van der Waals surface area contributed by atoms with Crippen molar-refractivity contribution in [3.8, 4) is 5.75 Å². The van der Waals surface area contributed by atoms with Crippen molar-refractivity contribution < 1.29 is 9.53 Å². The minimum atomic E-state index is -0.627. The molecule has 3 nitrogen and oxygen atoms in total. The molecule has 0 aliphatic heterocycles. The first-order chi connectivity index (χ1) is 10.5. The molecule has 1 amide bonds. The van der Waals surface area contributed by atoms with Crippen LogP contribution in [-0.4, -0.2) is 12.0 Å². The molecule has 0 radical (unpaired) electrons. The molecule has 0 aliphatic carbocycles.